The highest BCUT2D eigenvalue weighted by Gasteiger charge is 2.43. The van der Waals surface area contributed by atoms with E-state index in [1.807, 2.05) is 0 Å². The van der Waals surface area contributed by atoms with Crippen LogP contribution in [0.2, 0.25) is 0 Å². The zero-order valence-corrected chi connectivity index (χ0v) is 17.0. The fourth-order valence-electron chi connectivity index (χ4n) is 5.53. The lowest BCUT2D eigenvalue weighted by Gasteiger charge is -2.49. The van der Waals surface area contributed by atoms with E-state index >= 15 is 0 Å². The van der Waals surface area contributed by atoms with E-state index in [0.717, 1.165) is 34.8 Å². The summed E-state index contributed by atoms with van der Waals surface area (Å²) in [4.78, 5) is 5.58. The number of methoxy groups -OCH3 is 1. The standard InChI is InChI=1S/C21H31BrN2O/c1-25-20-10-9-18(22)14-17(20)15-24-13-12-23-11-5-8-19(23)21(24)16-6-3-2-4-7-16/h9-10,14,16,19,21H,2-8,11-13,15H2,1H3/t19-,21+/m1/s1. The van der Waals surface area contributed by atoms with Crippen molar-refractivity contribution in [2.45, 2.75) is 63.6 Å². The molecule has 25 heavy (non-hydrogen) atoms. The lowest BCUT2D eigenvalue weighted by Crippen LogP contribution is -2.59. The topological polar surface area (TPSA) is 15.7 Å². The predicted octanol–water partition coefficient (Wildman–Crippen LogP) is 4.69. The molecule has 0 spiro atoms. The van der Waals surface area contributed by atoms with Crippen LogP contribution in [0, 0.1) is 5.92 Å². The third-order valence-electron chi connectivity index (χ3n) is 6.65. The molecule has 1 aromatic rings. The van der Waals surface area contributed by atoms with Crippen LogP contribution in [0.15, 0.2) is 22.7 Å². The van der Waals surface area contributed by atoms with E-state index in [0.29, 0.717) is 0 Å². The summed E-state index contributed by atoms with van der Waals surface area (Å²) in [6, 6.07) is 7.95. The number of piperazine rings is 1. The fraction of sp³-hybridized carbons (Fsp3) is 0.714. The molecule has 0 N–H and O–H groups in total. The molecule has 3 aliphatic rings. The molecule has 2 atom stereocenters. The van der Waals surface area contributed by atoms with Gasteiger partial charge in [-0.2, -0.15) is 0 Å². The monoisotopic (exact) mass is 406 g/mol. The van der Waals surface area contributed by atoms with Gasteiger partial charge in [0.15, 0.2) is 0 Å². The number of hydrogen-bond donors (Lipinski definition) is 0. The highest BCUT2D eigenvalue weighted by atomic mass is 79.9. The number of fused-ring (bicyclic) bond motifs is 1. The van der Waals surface area contributed by atoms with Crippen molar-refractivity contribution in [3.05, 3.63) is 28.2 Å². The molecule has 0 aromatic heterocycles. The number of ether oxygens (including phenoxy) is 1. The van der Waals surface area contributed by atoms with Crippen LogP contribution in [0.4, 0.5) is 0 Å². The van der Waals surface area contributed by atoms with Crippen molar-refractivity contribution in [3.63, 3.8) is 0 Å². The first kappa shape index (κ1) is 17.8. The van der Waals surface area contributed by atoms with Gasteiger partial charge in [-0.3, -0.25) is 9.80 Å². The summed E-state index contributed by atoms with van der Waals surface area (Å²) in [5, 5.41) is 0. The number of benzene rings is 1. The summed E-state index contributed by atoms with van der Waals surface area (Å²) in [7, 11) is 1.79. The third-order valence-corrected chi connectivity index (χ3v) is 7.15. The number of halogens is 1. The van der Waals surface area contributed by atoms with Gasteiger partial charge in [0, 0.05) is 41.8 Å². The van der Waals surface area contributed by atoms with E-state index in [4.69, 9.17) is 4.74 Å². The second-order valence-corrected chi connectivity index (χ2v) is 8.98. The number of hydrogen-bond acceptors (Lipinski definition) is 3. The van der Waals surface area contributed by atoms with Crippen molar-refractivity contribution >= 4 is 15.9 Å². The van der Waals surface area contributed by atoms with E-state index in [9.17, 15) is 0 Å². The summed E-state index contributed by atoms with van der Waals surface area (Å²) < 4.78 is 6.80. The van der Waals surface area contributed by atoms with Crippen molar-refractivity contribution in [1.82, 2.24) is 9.80 Å². The summed E-state index contributed by atoms with van der Waals surface area (Å²) in [6.45, 7) is 4.79. The van der Waals surface area contributed by atoms with Crippen LogP contribution in [0.5, 0.6) is 5.75 Å². The first-order valence-electron chi connectivity index (χ1n) is 10.1. The average Bonchev–Trinajstić information content (AvgIpc) is 3.11. The molecule has 4 heteroatoms. The van der Waals surface area contributed by atoms with Gasteiger partial charge in [0.25, 0.3) is 0 Å². The molecule has 2 heterocycles. The Morgan fingerprint density at radius 2 is 1.88 bits per heavy atom. The van der Waals surface area contributed by atoms with Gasteiger partial charge in [0.05, 0.1) is 7.11 Å². The molecule has 1 saturated carbocycles. The first-order valence-corrected chi connectivity index (χ1v) is 10.9. The maximum absolute atomic E-state index is 5.65. The summed E-state index contributed by atoms with van der Waals surface area (Å²) >= 11 is 3.64. The van der Waals surface area contributed by atoms with Crippen LogP contribution in [0.25, 0.3) is 0 Å². The molecular weight excluding hydrogens is 376 g/mol. The third kappa shape index (κ3) is 3.77. The van der Waals surface area contributed by atoms with Crippen molar-refractivity contribution in [2.24, 2.45) is 5.92 Å². The van der Waals surface area contributed by atoms with Gasteiger partial charge in [-0.15, -0.1) is 0 Å². The highest BCUT2D eigenvalue weighted by molar-refractivity contribution is 9.10. The second kappa shape index (κ2) is 7.98. The Labute approximate surface area is 160 Å². The van der Waals surface area contributed by atoms with E-state index < -0.39 is 0 Å². The maximum atomic E-state index is 5.65. The Kier molecular flexibility index (Phi) is 5.68. The largest absolute Gasteiger partial charge is 0.496 e. The second-order valence-electron chi connectivity index (χ2n) is 8.06. The molecule has 1 aromatic carbocycles. The molecule has 2 aliphatic heterocycles. The average molecular weight is 407 g/mol. The minimum absolute atomic E-state index is 0.736. The van der Waals surface area contributed by atoms with E-state index in [-0.39, 0.29) is 0 Å². The lowest BCUT2D eigenvalue weighted by molar-refractivity contribution is -0.00412. The molecule has 138 valence electrons. The summed E-state index contributed by atoms with van der Waals surface area (Å²) in [5.74, 6) is 1.91. The fourth-order valence-corrected chi connectivity index (χ4v) is 5.94. The smallest absolute Gasteiger partial charge is 0.123 e. The molecular formula is C21H31BrN2O. The van der Waals surface area contributed by atoms with Gasteiger partial charge in [0.1, 0.15) is 5.75 Å². The normalized spacial score (nSPS) is 28.9. The van der Waals surface area contributed by atoms with Crippen molar-refractivity contribution in [3.8, 4) is 5.75 Å². The van der Waals surface area contributed by atoms with E-state index in [2.05, 4.69) is 43.9 Å². The lowest BCUT2D eigenvalue weighted by atomic mass is 9.78. The highest BCUT2D eigenvalue weighted by Crippen LogP contribution is 2.38. The van der Waals surface area contributed by atoms with Gasteiger partial charge in [-0.05, 0) is 56.3 Å². The Hall–Kier alpha value is -0.580. The van der Waals surface area contributed by atoms with Gasteiger partial charge in [-0.25, -0.2) is 0 Å². The first-order chi connectivity index (χ1) is 12.3. The molecule has 4 rings (SSSR count). The molecule has 0 radical (unpaired) electrons. The quantitative estimate of drug-likeness (QED) is 0.721. The van der Waals surface area contributed by atoms with Crippen molar-refractivity contribution < 1.29 is 4.74 Å². The molecule has 0 amide bonds. The minimum Gasteiger partial charge on any atom is -0.496 e. The molecule has 3 fully saturated rings. The molecule has 3 nitrogen and oxygen atoms in total. The number of nitrogens with zero attached hydrogens (tertiary/aromatic N) is 2. The summed E-state index contributed by atoms with van der Waals surface area (Å²) in [5.41, 5.74) is 1.32. The van der Waals surface area contributed by atoms with Crippen LogP contribution >= 0.6 is 15.9 Å². The van der Waals surface area contributed by atoms with E-state index in [1.165, 1.54) is 70.1 Å². The van der Waals surface area contributed by atoms with Gasteiger partial charge < -0.3 is 4.74 Å². The Bertz CT molecular complexity index is 587. The van der Waals surface area contributed by atoms with Gasteiger partial charge >= 0.3 is 0 Å². The SMILES string of the molecule is COc1ccc(Br)cc1CN1CCN2CCC[C@@H]2[C@@H]1C1CCCCC1. The van der Waals surface area contributed by atoms with Crippen molar-refractivity contribution in [1.29, 1.82) is 0 Å². The van der Waals surface area contributed by atoms with Gasteiger partial charge in [0.2, 0.25) is 0 Å². The Morgan fingerprint density at radius 1 is 1.04 bits per heavy atom. The maximum Gasteiger partial charge on any atom is 0.123 e. The number of rotatable bonds is 4. The van der Waals surface area contributed by atoms with Crippen LogP contribution in [0.1, 0.15) is 50.5 Å². The van der Waals surface area contributed by atoms with Crippen molar-refractivity contribution in [2.75, 3.05) is 26.7 Å². The zero-order valence-electron chi connectivity index (χ0n) is 15.4. The van der Waals surface area contributed by atoms with Gasteiger partial charge in [-0.1, -0.05) is 35.2 Å². The predicted molar refractivity (Wildman–Crippen MR) is 106 cm³/mol. The van der Waals surface area contributed by atoms with Crippen LogP contribution in [0.3, 0.4) is 0 Å². The Morgan fingerprint density at radius 3 is 2.68 bits per heavy atom. The summed E-state index contributed by atoms with van der Waals surface area (Å²) in [6.07, 6.45) is 9.96. The van der Waals surface area contributed by atoms with E-state index in [1.54, 1.807) is 7.11 Å². The van der Waals surface area contributed by atoms with Crippen LogP contribution < -0.4 is 4.74 Å². The van der Waals surface area contributed by atoms with Crippen LogP contribution in [-0.4, -0.2) is 48.6 Å². The Balaban J connectivity index is 1.58. The molecule has 2 saturated heterocycles. The van der Waals surface area contributed by atoms with Crippen LogP contribution in [-0.2, 0) is 6.54 Å². The molecule has 1 aliphatic carbocycles. The zero-order chi connectivity index (χ0) is 17.2. The molecule has 0 bridgehead atoms. The molecule has 0 unspecified atom stereocenters. The minimum atomic E-state index is 0.736.